The Balaban J connectivity index is 0.826. The summed E-state index contributed by atoms with van der Waals surface area (Å²) < 4.78 is 42.2. The Bertz CT molecular complexity index is 1370. The number of fused-ring (bicyclic) bond motifs is 5. The molecule has 5 N–H and O–H groups in total. The first-order chi connectivity index (χ1) is 25.6. The predicted molar refractivity (Wildman–Crippen MR) is 191 cm³/mol. The molecule has 8 rings (SSSR count). The zero-order chi connectivity index (χ0) is 38.3. The summed E-state index contributed by atoms with van der Waals surface area (Å²) in [5.41, 5.74) is 0.215. The van der Waals surface area contributed by atoms with Crippen LogP contribution in [0.15, 0.2) is 11.6 Å². The Kier molecular flexibility index (Phi) is 10.9. The van der Waals surface area contributed by atoms with Gasteiger partial charge in [-0.25, -0.2) is 4.79 Å². The lowest BCUT2D eigenvalue weighted by molar-refractivity contribution is -0.336. The van der Waals surface area contributed by atoms with Gasteiger partial charge in [-0.3, -0.25) is 0 Å². The third kappa shape index (κ3) is 6.82. The summed E-state index contributed by atoms with van der Waals surface area (Å²) in [5, 5.41) is 55.0. The van der Waals surface area contributed by atoms with E-state index in [4.69, 9.17) is 33.2 Å². The molecule has 13 heteroatoms. The number of hydrogen-bond acceptors (Lipinski definition) is 13. The van der Waals surface area contributed by atoms with Crippen LogP contribution in [0.3, 0.4) is 0 Å². The molecule has 0 radical (unpaired) electrons. The summed E-state index contributed by atoms with van der Waals surface area (Å²) in [4.78, 5) is 11.9. The van der Waals surface area contributed by atoms with Crippen LogP contribution in [0.2, 0.25) is 0 Å². The van der Waals surface area contributed by atoms with Crippen LogP contribution in [-0.2, 0) is 38.0 Å². The predicted octanol–water partition coefficient (Wildman–Crippen LogP) is 3.25. The first-order valence-electron chi connectivity index (χ1n) is 20.8. The molecule has 4 heterocycles. The molecular weight excluding hydrogens is 700 g/mol. The number of aliphatic hydroxyl groups excluding tert-OH is 4. The van der Waals surface area contributed by atoms with Crippen LogP contribution in [0.4, 0.5) is 0 Å². The van der Waals surface area contributed by atoms with Gasteiger partial charge in [0.25, 0.3) is 0 Å². The molecule has 8 aliphatic rings. The number of carbonyl (C=O) groups excluding carboxylic acids is 1. The van der Waals surface area contributed by atoms with Gasteiger partial charge >= 0.3 is 5.97 Å². The Labute approximate surface area is 319 Å². The highest BCUT2D eigenvalue weighted by atomic mass is 16.7. The fraction of sp³-hybridized carbons (Fsp3) is 0.927. The molecule has 54 heavy (non-hydrogen) atoms. The Hall–Kier alpha value is -1.23. The van der Waals surface area contributed by atoms with Crippen molar-refractivity contribution in [3.05, 3.63) is 11.6 Å². The summed E-state index contributed by atoms with van der Waals surface area (Å²) in [5.74, 6) is 1.13. The molecule has 0 bridgehead atoms. The summed E-state index contributed by atoms with van der Waals surface area (Å²) >= 11 is 0. The molecule has 5 unspecified atom stereocenters. The van der Waals surface area contributed by atoms with Crippen molar-refractivity contribution in [3.63, 3.8) is 0 Å². The van der Waals surface area contributed by atoms with Crippen molar-refractivity contribution in [2.45, 2.75) is 197 Å². The third-order valence-electron chi connectivity index (χ3n) is 15.9. The van der Waals surface area contributed by atoms with Gasteiger partial charge in [-0.2, -0.15) is 0 Å². The standard InChI is InChI=1S/C41H64O13/c1-20-36(46)29(42)16-34(49-20)53-38-22(3)51-35(18-31(38)44)54-37-21(2)50-33(17-30(37)43)52-25-8-11-39(4)24(15-25)6-7-28-27(39)9-12-40(5)26(10-13-41(28,40)47)23-14-32(45)48-19-23/h14,20-22,24-31,33-38,42-44,46-47H,6-13,15-19H2,1-5H3/t20?,21?,22?,24-,25+,26-,27?,28?,29-,30-,31-,33+,34+,35+,36+,37+,38+,39+,40-,41+/m1/s1. The van der Waals surface area contributed by atoms with Crippen molar-refractivity contribution in [2.75, 3.05) is 6.61 Å². The highest BCUT2D eigenvalue weighted by Gasteiger charge is 2.68. The number of aliphatic hydroxyl groups is 5. The van der Waals surface area contributed by atoms with Crippen LogP contribution in [0.1, 0.15) is 112 Å². The maximum absolute atomic E-state index is 12.6. The molecule has 4 aliphatic carbocycles. The maximum atomic E-state index is 12.6. The van der Waals surface area contributed by atoms with Gasteiger partial charge in [-0.15, -0.1) is 0 Å². The Morgan fingerprint density at radius 3 is 1.89 bits per heavy atom. The molecule has 7 fully saturated rings. The summed E-state index contributed by atoms with van der Waals surface area (Å²) in [6.07, 6.45) is 1.90. The van der Waals surface area contributed by atoms with Gasteiger partial charge in [0.2, 0.25) is 0 Å². The van der Waals surface area contributed by atoms with E-state index in [1.807, 2.05) is 6.92 Å². The van der Waals surface area contributed by atoms with Gasteiger partial charge in [-0.1, -0.05) is 13.8 Å². The average Bonchev–Trinajstić information content (AvgIpc) is 3.66. The highest BCUT2D eigenvalue weighted by molar-refractivity contribution is 5.85. The number of carbonyl (C=O) groups is 1. The van der Waals surface area contributed by atoms with Crippen molar-refractivity contribution in [3.8, 4) is 0 Å². The Morgan fingerprint density at radius 1 is 0.685 bits per heavy atom. The van der Waals surface area contributed by atoms with Crippen LogP contribution in [0.25, 0.3) is 0 Å². The van der Waals surface area contributed by atoms with E-state index in [0.29, 0.717) is 18.4 Å². The largest absolute Gasteiger partial charge is 0.458 e. The minimum absolute atomic E-state index is 0.0243. The fourth-order valence-electron chi connectivity index (χ4n) is 12.8. The lowest BCUT2D eigenvalue weighted by Crippen LogP contribution is -2.62. The van der Waals surface area contributed by atoms with Gasteiger partial charge in [0.1, 0.15) is 24.9 Å². The number of rotatable bonds is 7. The molecule has 0 amide bonds. The van der Waals surface area contributed by atoms with Crippen LogP contribution in [-0.4, -0.2) is 124 Å². The lowest BCUT2D eigenvalue weighted by Gasteiger charge is -2.64. The van der Waals surface area contributed by atoms with Crippen molar-refractivity contribution in [2.24, 2.45) is 34.5 Å². The second-order valence-corrected chi connectivity index (χ2v) is 18.7. The molecule has 0 aromatic rings. The van der Waals surface area contributed by atoms with E-state index in [-0.39, 0.29) is 54.0 Å². The monoisotopic (exact) mass is 764 g/mol. The molecule has 0 spiro atoms. The fourth-order valence-corrected chi connectivity index (χ4v) is 12.8. The van der Waals surface area contributed by atoms with E-state index in [9.17, 15) is 30.3 Å². The van der Waals surface area contributed by atoms with Gasteiger partial charge in [0, 0.05) is 30.8 Å². The summed E-state index contributed by atoms with van der Waals surface area (Å²) in [7, 11) is 0. The minimum atomic E-state index is -0.996. The molecule has 306 valence electrons. The molecule has 3 saturated heterocycles. The SMILES string of the molecule is CC1O[C@@H](O[C@H]2C(C)O[C@@H](O[C@H]3C(C)O[C@@H](O[C@H]4CC[C@]5(C)C6CC[C@]7(C)[C@@H](C8=CC(=O)OC8)CC[C@]7(O)C6CC[C@@H]5C4)C[C@H]3O)C[C@H]2O)C[C@@H](O)[C@H]1O. The van der Waals surface area contributed by atoms with E-state index in [1.165, 1.54) is 0 Å². The number of ether oxygens (including phenoxy) is 7. The Morgan fingerprint density at radius 2 is 1.30 bits per heavy atom. The van der Waals surface area contributed by atoms with Crippen LogP contribution < -0.4 is 0 Å². The lowest BCUT2D eigenvalue weighted by atomic mass is 9.43. The normalized spacial score (nSPS) is 55.0. The first kappa shape index (κ1) is 39.6. The highest BCUT2D eigenvalue weighted by Crippen LogP contribution is 2.70. The second-order valence-electron chi connectivity index (χ2n) is 18.7. The molecule has 20 atom stereocenters. The van der Waals surface area contributed by atoms with E-state index >= 15 is 0 Å². The second kappa shape index (κ2) is 14.9. The van der Waals surface area contributed by atoms with Gasteiger partial charge in [0.05, 0.1) is 48.3 Å². The molecule has 0 aromatic carbocycles. The van der Waals surface area contributed by atoms with Crippen molar-refractivity contribution in [1.82, 2.24) is 0 Å². The first-order valence-corrected chi connectivity index (χ1v) is 20.8. The average molecular weight is 765 g/mol. The summed E-state index contributed by atoms with van der Waals surface area (Å²) in [6, 6.07) is 0. The molecular formula is C41H64O13. The van der Waals surface area contributed by atoms with Gasteiger partial charge in [-0.05, 0) is 113 Å². The van der Waals surface area contributed by atoms with E-state index in [0.717, 1.165) is 63.4 Å². The van der Waals surface area contributed by atoms with Gasteiger partial charge < -0.3 is 58.7 Å². The van der Waals surface area contributed by atoms with Crippen LogP contribution >= 0.6 is 0 Å². The number of cyclic esters (lactones) is 1. The van der Waals surface area contributed by atoms with Crippen LogP contribution in [0, 0.1) is 34.5 Å². The molecule has 13 nitrogen and oxygen atoms in total. The van der Waals surface area contributed by atoms with Gasteiger partial charge in [0.15, 0.2) is 18.9 Å². The zero-order valence-corrected chi connectivity index (χ0v) is 32.6. The molecule has 4 aliphatic heterocycles. The van der Waals surface area contributed by atoms with Crippen molar-refractivity contribution in [1.29, 1.82) is 0 Å². The van der Waals surface area contributed by atoms with Crippen molar-refractivity contribution < 1.29 is 63.5 Å². The van der Waals surface area contributed by atoms with E-state index < -0.39 is 79.4 Å². The zero-order valence-electron chi connectivity index (χ0n) is 32.6. The number of hydrogen-bond donors (Lipinski definition) is 5. The van der Waals surface area contributed by atoms with E-state index in [1.54, 1.807) is 19.9 Å². The minimum Gasteiger partial charge on any atom is -0.458 e. The summed E-state index contributed by atoms with van der Waals surface area (Å²) in [6.45, 7) is 10.4. The van der Waals surface area contributed by atoms with Crippen molar-refractivity contribution >= 4 is 5.97 Å². The van der Waals surface area contributed by atoms with E-state index in [2.05, 4.69) is 13.8 Å². The maximum Gasteiger partial charge on any atom is 0.331 e. The topological polar surface area (TPSA) is 183 Å². The molecule has 0 aromatic heterocycles. The molecule has 4 saturated carbocycles. The van der Waals surface area contributed by atoms with Crippen LogP contribution in [0.5, 0.6) is 0 Å². The smallest absolute Gasteiger partial charge is 0.331 e. The third-order valence-corrected chi connectivity index (χ3v) is 15.9. The quantitative estimate of drug-likeness (QED) is 0.188. The number of esters is 1.